The molecule has 186 valence electrons. The van der Waals surface area contributed by atoms with Gasteiger partial charge in [0.25, 0.3) is 0 Å². The minimum atomic E-state index is -2.97. The summed E-state index contributed by atoms with van der Waals surface area (Å²) in [7, 11) is 0. The van der Waals surface area contributed by atoms with Crippen LogP contribution in [0.2, 0.25) is 5.02 Å². The number of hydrogen-bond acceptors (Lipinski definition) is 10. The zero-order valence-corrected chi connectivity index (χ0v) is 19.7. The molecule has 2 heterocycles. The first-order chi connectivity index (χ1) is 15.9. The zero-order valence-electron chi connectivity index (χ0n) is 18.1. The number of carboxylic acids is 1. The number of β-lactam (4-membered cyclic amide) rings is 1. The summed E-state index contributed by atoms with van der Waals surface area (Å²) in [5.41, 5.74) is -0.240. The first kappa shape index (κ1) is 25.7. The second-order valence-electron chi connectivity index (χ2n) is 8.13. The van der Waals surface area contributed by atoms with E-state index >= 15 is 0 Å². The molecule has 34 heavy (non-hydrogen) atoms. The number of benzene rings is 1. The van der Waals surface area contributed by atoms with Crippen molar-refractivity contribution < 1.29 is 48.0 Å². The fraction of sp³-hybridized carbons (Fsp3) is 0.500. The highest BCUT2D eigenvalue weighted by atomic mass is 35.5. The molecule has 5 atom stereocenters. The number of esters is 1. The van der Waals surface area contributed by atoms with Crippen molar-refractivity contribution in [1.29, 1.82) is 0 Å². The Bertz CT molecular complexity index is 1080. The predicted molar refractivity (Wildman–Crippen MR) is 116 cm³/mol. The van der Waals surface area contributed by atoms with E-state index in [0.29, 0.717) is 0 Å². The standard InChI is InChI=1S/C20H23ClN2O10S/c1-9-7-14(25)23(9)17(18(27)28)20(2,34(30)31)13-8-10(33-22-13)5-6-32-19(29)11-3-4-12(24)16(26)15(11)21/h3-4,9-10,17,24,26H,5-8H2,1-2H3,(H,27,28)(H,30,31)/p-1/t9-,10?,17+,20+/m1/s1. The third-order valence-corrected chi connectivity index (χ3v) is 7.44. The Morgan fingerprint density at radius 1 is 1.41 bits per heavy atom. The SMILES string of the molecule is C[C@@H]1CC(=O)N1[C@@H](C(=O)O)[C@](C)(C1=NOC(CCOC(=O)c2ccc(O)c(O)c2Cl)C1)S(=O)[O-]. The zero-order chi connectivity index (χ0) is 25.4. The molecule has 3 rings (SSSR count). The number of aliphatic carboxylic acids is 1. The summed E-state index contributed by atoms with van der Waals surface area (Å²) in [6, 6.07) is 0.113. The van der Waals surface area contributed by atoms with Crippen LogP contribution < -0.4 is 0 Å². The molecule has 14 heteroatoms. The Labute approximate surface area is 201 Å². The molecule has 2 aliphatic rings. The molecule has 0 saturated carbocycles. The van der Waals surface area contributed by atoms with Crippen molar-refractivity contribution in [3.05, 3.63) is 22.7 Å². The molecular formula is C20H22ClN2O10S-. The molecule has 2 unspecified atom stereocenters. The van der Waals surface area contributed by atoms with Crippen LogP contribution in [0.4, 0.5) is 0 Å². The van der Waals surface area contributed by atoms with Gasteiger partial charge in [-0.3, -0.25) is 9.00 Å². The van der Waals surface area contributed by atoms with E-state index in [9.17, 15) is 38.5 Å². The van der Waals surface area contributed by atoms with Crippen LogP contribution in [0.15, 0.2) is 17.3 Å². The molecule has 0 spiro atoms. The van der Waals surface area contributed by atoms with Crippen molar-refractivity contribution in [2.45, 2.75) is 56.0 Å². The molecule has 0 radical (unpaired) electrons. The quantitative estimate of drug-likeness (QED) is 0.185. The normalized spacial score (nSPS) is 23.2. The van der Waals surface area contributed by atoms with Crippen LogP contribution in [0.5, 0.6) is 11.5 Å². The third-order valence-electron chi connectivity index (χ3n) is 5.91. The molecule has 1 amide bonds. The van der Waals surface area contributed by atoms with E-state index in [0.717, 1.165) is 11.0 Å². The highest BCUT2D eigenvalue weighted by Gasteiger charge is 2.55. The summed E-state index contributed by atoms with van der Waals surface area (Å²) in [6.07, 6.45) is -0.583. The molecular weight excluding hydrogens is 496 g/mol. The number of amides is 1. The monoisotopic (exact) mass is 517 g/mol. The highest BCUT2D eigenvalue weighted by molar-refractivity contribution is 7.81. The Balaban J connectivity index is 1.65. The fourth-order valence-electron chi connectivity index (χ4n) is 3.90. The van der Waals surface area contributed by atoms with Crippen LogP contribution in [0, 0.1) is 0 Å². The molecule has 0 aromatic heterocycles. The van der Waals surface area contributed by atoms with Crippen molar-refractivity contribution in [1.82, 2.24) is 4.90 Å². The van der Waals surface area contributed by atoms with Gasteiger partial charge in [-0.15, -0.1) is 0 Å². The van der Waals surface area contributed by atoms with Crippen LogP contribution in [0.1, 0.15) is 43.5 Å². The number of carbonyl (C=O) groups excluding carboxylic acids is 2. The van der Waals surface area contributed by atoms with Crippen LogP contribution in [-0.4, -0.2) is 82.1 Å². The second-order valence-corrected chi connectivity index (χ2v) is 9.82. The van der Waals surface area contributed by atoms with E-state index in [2.05, 4.69) is 5.16 Å². The number of carboxylic acid groups (broad SMARTS) is 1. The third kappa shape index (κ3) is 4.55. The number of oxime groups is 1. The summed E-state index contributed by atoms with van der Waals surface area (Å²) in [6.45, 7) is 2.61. The van der Waals surface area contributed by atoms with Crippen molar-refractivity contribution >= 4 is 46.2 Å². The number of ether oxygens (including phenoxy) is 1. The van der Waals surface area contributed by atoms with Crippen LogP contribution in [0.25, 0.3) is 0 Å². The molecule has 1 aromatic carbocycles. The van der Waals surface area contributed by atoms with Gasteiger partial charge in [0.05, 0.1) is 17.9 Å². The molecule has 1 fully saturated rings. The first-order valence-corrected chi connectivity index (χ1v) is 11.6. The van der Waals surface area contributed by atoms with Gasteiger partial charge < -0.3 is 34.3 Å². The lowest BCUT2D eigenvalue weighted by atomic mass is 9.86. The second kappa shape index (κ2) is 9.76. The van der Waals surface area contributed by atoms with Gasteiger partial charge in [-0.2, -0.15) is 0 Å². The van der Waals surface area contributed by atoms with E-state index in [1.165, 1.54) is 13.0 Å². The number of carbonyl (C=O) groups is 3. The number of nitrogens with zero attached hydrogens (tertiary/aromatic N) is 2. The van der Waals surface area contributed by atoms with Crippen LogP contribution >= 0.6 is 11.6 Å². The first-order valence-electron chi connectivity index (χ1n) is 10.1. The average molecular weight is 518 g/mol. The minimum Gasteiger partial charge on any atom is -0.772 e. The maximum absolute atomic E-state index is 12.2. The van der Waals surface area contributed by atoms with Crippen molar-refractivity contribution in [2.24, 2.45) is 5.16 Å². The van der Waals surface area contributed by atoms with E-state index in [-0.39, 0.29) is 42.2 Å². The topological polar surface area (TPSA) is 186 Å². The smallest absolute Gasteiger partial charge is 0.339 e. The number of phenols is 2. The minimum absolute atomic E-state index is 0.0665. The molecule has 0 bridgehead atoms. The Kier molecular flexibility index (Phi) is 7.38. The average Bonchev–Trinajstić information content (AvgIpc) is 3.24. The highest BCUT2D eigenvalue weighted by Crippen LogP contribution is 2.37. The van der Waals surface area contributed by atoms with E-state index in [1.807, 2.05) is 0 Å². The fourth-order valence-corrected chi connectivity index (χ4v) is 4.85. The predicted octanol–water partition coefficient (Wildman–Crippen LogP) is 1.15. The molecule has 1 saturated heterocycles. The summed E-state index contributed by atoms with van der Waals surface area (Å²) in [4.78, 5) is 42.5. The number of rotatable bonds is 9. The summed E-state index contributed by atoms with van der Waals surface area (Å²) in [5, 5.41) is 32.2. The number of likely N-dealkylation sites (tertiary alicyclic amines) is 1. The summed E-state index contributed by atoms with van der Waals surface area (Å²) in [5.74, 6) is -4.00. The maximum atomic E-state index is 12.2. The van der Waals surface area contributed by atoms with Gasteiger partial charge in [0.2, 0.25) is 5.91 Å². The van der Waals surface area contributed by atoms with Crippen LogP contribution in [0.3, 0.4) is 0 Å². The van der Waals surface area contributed by atoms with Gasteiger partial charge in [-0.1, -0.05) is 16.8 Å². The van der Waals surface area contributed by atoms with Crippen LogP contribution in [-0.2, 0) is 30.2 Å². The number of halogens is 1. The van der Waals surface area contributed by atoms with Gasteiger partial charge in [0.1, 0.15) is 15.9 Å². The Morgan fingerprint density at radius 3 is 2.65 bits per heavy atom. The summed E-state index contributed by atoms with van der Waals surface area (Å²) < 4.78 is 27.5. The Morgan fingerprint density at radius 2 is 2.09 bits per heavy atom. The lowest BCUT2D eigenvalue weighted by Crippen LogP contribution is -2.68. The lowest BCUT2D eigenvalue weighted by molar-refractivity contribution is -0.161. The number of aromatic hydroxyl groups is 2. The lowest BCUT2D eigenvalue weighted by Gasteiger charge is -2.49. The maximum Gasteiger partial charge on any atom is 0.339 e. The summed E-state index contributed by atoms with van der Waals surface area (Å²) >= 11 is 2.86. The van der Waals surface area contributed by atoms with Crippen molar-refractivity contribution in [3.8, 4) is 11.5 Å². The molecule has 1 aromatic rings. The van der Waals surface area contributed by atoms with Crippen molar-refractivity contribution in [2.75, 3.05) is 6.61 Å². The van der Waals surface area contributed by atoms with E-state index < -0.39 is 63.4 Å². The molecule has 2 aliphatic heterocycles. The van der Waals surface area contributed by atoms with Gasteiger partial charge >= 0.3 is 11.9 Å². The number of phenolic OH excluding ortho intramolecular Hbond substituents is 2. The Hall–Kier alpha value is -2.90. The largest absolute Gasteiger partial charge is 0.772 e. The van der Waals surface area contributed by atoms with E-state index in [4.69, 9.17) is 21.2 Å². The van der Waals surface area contributed by atoms with Gasteiger partial charge in [0.15, 0.2) is 17.5 Å². The number of hydrogen-bond donors (Lipinski definition) is 3. The molecule has 3 N–H and O–H groups in total. The van der Waals surface area contributed by atoms with Gasteiger partial charge in [-0.05, 0) is 37.1 Å². The molecule has 0 aliphatic carbocycles. The van der Waals surface area contributed by atoms with E-state index in [1.54, 1.807) is 6.92 Å². The van der Waals surface area contributed by atoms with Gasteiger partial charge in [0, 0.05) is 25.3 Å². The van der Waals surface area contributed by atoms with Crippen molar-refractivity contribution in [3.63, 3.8) is 0 Å². The van der Waals surface area contributed by atoms with Gasteiger partial charge in [-0.25, -0.2) is 9.59 Å². The molecule has 12 nitrogen and oxygen atoms in total.